The van der Waals surface area contributed by atoms with Crippen LogP contribution < -0.4 is 24.4 Å². The quantitative estimate of drug-likeness (QED) is 0.212. The summed E-state index contributed by atoms with van der Waals surface area (Å²) in [6, 6.07) is 11.2. The first kappa shape index (κ1) is 25.5. The predicted molar refractivity (Wildman–Crippen MR) is 129 cm³/mol. The van der Waals surface area contributed by atoms with E-state index in [9.17, 15) is 4.79 Å². The fraction of sp³-hybridized carbons (Fsp3) is 0.417. The summed E-state index contributed by atoms with van der Waals surface area (Å²) >= 11 is 3.49. The SMILES string of the molecule is CCCCCCOc1ccc(OCCOc2c(Br)cc(C=NNC(C)=O)cc2OC)cc1. The topological polar surface area (TPSA) is 78.4 Å². The molecule has 0 saturated heterocycles. The summed E-state index contributed by atoms with van der Waals surface area (Å²) < 4.78 is 23.5. The van der Waals surface area contributed by atoms with Crippen LogP contribution in [0.1, 0.15) is 45.1 Å². The lowest BCUT2D eigenvalue weighted by Gasteiger charge is -2.14. The van der Waals surface area contributed by atoms with E-state index in [1.54, 1.807) is 13.2 Å². The number of rotatable bonds is 14. The van der Waals surface area contributed by atoms with Gasteiger partial charge in [-0.2, -0.15) is 5.10 Å². The largest absolute Gasteiger partial charge is 0.494 e. The standard InChI is InChI=1S/C24H31BrN2O5/c1-4-5-6-7-12-30-20-8-10-21(11-9-20)31-13-14-32-24-22(25)15-19(16-23(24)29-3)17-26-27-18(2)28/h8-11,15-17H,4-7,12-14H2,1-3H3,(H,27,28). The molecule has 0 unspecified atom stereocenters. The molecule has 2 aromatic rings. The minimum absolute atomic E-state index is 0.239. The first-order valence-corrected chi connectivity index (χ1v) is 11.5. The molecular formula is C24H31BrN2O5. The van der Waals surface area contributed by atoms with Gasteiger partial charge in [0.1, 0.15) is 24.7 Å². The van der Waals surface area contributed by atoms with E-state index in [0.717, 1.165) is 30.1 Å². The summed E-state index contributed by atoms with van der Waals surface area (Å²) in [5.74, 6) is 2.48. The third kappa shape index (κ3) is 9.18. The van der Waals surface area contributed by atoms with Crippen molar-refractivity contribution < 1.29 is 23.7 Å². The molecule has 0 aromatic heterocycles. The molecule has 7 nitrogen and oxygen atoms in total. The molecule has 0 radical (unpaired) electrons. The molecule has 0 saturated carbocycles. The maximum Gasteiger partial charge on any atom is 0.236 e. The second-order valence-corrected chi connectivity index (χ2v) is 7.89. The summed E-state index contributed by atoms with van der Waals surface area (Å²) in [6.45, 7) is 5.04. The average molecular weight is 507 g/mol. The molecule has 1 N–H and O–H groups in total. The highest BCUT2D eigenvalue weighted by atomic mass is 79.9. The predicted octanol–water partition coefficient (Wildman–Crippen LogP) is 5.34. The number of amides is 1. The Bertz CT molecular complexity index is 871. The van der Waals surface area contributed by atoms with Gasteiger partial charge in [0.2, 0.25) is 5.91 Å². The molecule has 0 bridgehead atoms. The number of nitrogens with zero attached hydrogens (tertiary/aromatic N) is 1. The van der Waals surface area contributed by atoms with Crippen molar-refractivity contribution in [3.8, 4) is 23.0 Å². The Kier molecular flexibility index (Phi) is 11.4. The molecule has 0 heterocycles. The van der Waals surface area contributed by atoms with Crippen molar-refractivity contribution in [3.05, 3.63) is 46.4 Å². The van der Waals surface area contributed by atoms with E-state index in [4.69, 9.17) is 18.9 Å². The van der Waals surface area contributed by atoms with Gasteiger partial charge in [-0.1, -0.05) is 26.2 Å². The molecule has 1 amide bonds. The Labute approximate surface area is 198 Å². The maximum absolute atomic E-state index is 10.9. The minimum Gasteiger partial charge on any atom is -0.494 e. The molecule has 0 fully saturated rings. The van der Waals surface area contributed by atoms with Gasteiger partial charge in [-0.3, -0.25) is 4.79 Å². The highest BCUT2D eigenvalue weighted by Gasteiger charge is 2.11. The van der Waals surface area contributed by atoms with Gasteiger partial charge < -0.3 is 18.9 Å². The van der Waals surface area contributed by atoms with Crippen LogP contribution in [-0.4, -0.2) is 39.1 Å². The Hall–Kier alpha value is -2.74. The Morgan fingerprint density at radius 2 is 1.66 bits per heavy atom. The van der Waals surface area contributed by atoms with Gasteiger partial charge in [0.05, 0.1) is 24.4 Å². The van der Waals surface area contributed by atoms with Crippen molar-refractivity contribution in [3.63, 3.8) is 0 Å². The number of carbonyl (C=O) groups is 1. The van der Waals surface area contributed by atoms with Gasteiger partial charge in [-0.05, 0) is 64.3 Å². The monoisotopic (exact) mass is 506 g/mol. The zero-order valence-electron chi connectivity index (χ0n) is 18.9. The Balaban J connectivity index is 1.80. The van der Waals surface area contributed by atoms with Crippen LogP contribution in [0.2, 0.25) is 0 Å². The van der Waals surface area contributed by atoms with Crippen LogP contribution in [0.15, 0.2) is 46.0 Å². The highest BCUT2D eigenvalue weighted by molar-refractivity contribution is 9.10. The Morgan fingerprint density at radius 1 is 1.00 bits per heavy atom. The van der Waals surface area contributed by atoms with E-state index in [-0.39, 0.29) is 5.91 Å². The summed E-state index contributed by atoms with van der Waals surface area (Å²) in [6.07, 6.45) is 6.27. The maximum atomic E-state index is 10.9. The zero-order chi connectivity index (χ0) is 23.2. The van der Waals surface area contributed by atoms with Crippen molar-refractivity contribution >= 4 is 28.1 Å². The van der Waals surface area contributed by atoms with Gasteiger partial charge >= 0.3 is 0 Å². The number of hydrazone groups is 1. The van der Waals surface area contributed by atoms with E-state index >= 15 is 0 Å². The Morgan fingerprint density at radius 3 is 2.28 bits per heavy atom. The zero-order valence-corrected chi connectivity index (χ0v) is 20.4. The van der Waals surface area contributed by atoms with Gasteiger partial charge in [0.15, 0.2) is 11.5 Å². The number of carbonyl (C=O) groups excluding carboxylic acids is 1. The van der Waals surface area contributed by atoms with E-state index < -0.39 is 0 Å². The molecule has 174 valence electrons. The molecule has 0 aliphatic heterocycles. The van der Waals surface area contributed by atoms with E-state index in [1.807, 2.05) is 30.3 Å². The first-order valence-electron chi connectivity index (χ1n) is 10.7. The summed E-state index contributed by atoms with van der Waals surface area (Å²) in [7, 11) is 1.56. The summed E-state index contributed by atoms with van der Waals surface area (Å²) in [4.78, 5) is 10.9. The van der Waals surface area contributed by atoms with Crippen molar-refractivity contribution in [2.45, 2.75) is 39.5 Å². The van der Waals surface area contributed by atoms with Crippen LogP contribution in [0.25, 0.3) is 0 Å². The number of ether oxygens (including phenoxy) is 4. The number of nitrogens with one attached hydrogen (secondary N) is 1. The lowest BCUT2D eigenvalue weighted by atomic mass is 10.2. The number of hydrogen-bond acceptors (Lipinski definition) is 6. The average Bonchev–Trinajstić information content (AvgIpc) is 2.78. The van der Waals surface area contributed by atoms with Crippen LogP contribution >= 0.6 is 15.9 Å². The van der Waals surface area contributed by atoms with Gasteiger partial charge in [0.25, 0.3) is 0 Å². The van der Waals surface area contributed by atoms with E-state index in [2.05, 4.69) is 33.4 Å². The van der Waals surface area contributed by atoms with Crippen LogP contribution in [0.3, 0.4) is 0 Å². The van der Waals surface area contributed by atoms with Gasteiger partial charge in [0, 0.05) is 6.92 Å². The van der Waals surface area contributed by atoms with Gasteiger partial charge in [-0.25, -0.2) is 5.43 Å². The molecule has 8 heteroatoms. The summed E-state index contributed by atoms with van der Waals surface area (Å²) in [5, 5.41) is 3.86. The van der Waals surface area contributed by atoms with Crippen LogP contribution in [0, 0.1) is 0 Å². The second kappa shape index (κ2) is 14.3. The molecule has 0 atom stereocenters. The lowest BCUT2D eigenvalue weighted by Crippen LogP contribution is -2.12. The third-order valence-corrected chi connectivity index (χ3v) is 4.97. The number of halogens is 1. The number of benzene rings is 2. The molecule has 0 aliphatic carbocycles. The van der Waals surface area contributed by atoms with E-state index in [1.165, 1.54) is 32.4 Å². The lowest BCUT2D eigenvalue weighted by molar-refractivity contribution is -0.118. The molecule has 2 rings (SSSR count). The van der Waals surface area contributed by atoms with Crippen LogP contribution in [0.5, 0.6) is 23.0 Å². The first-order chi connectivity index (χ1) is 15.5. The van der Waals surface area contributed by atoms with Crippen LogP contribution in [-0.2, 0) is 4.79 Å². The molecule has 0 spiro atoms. The normalized spacial score (nSPS) is 10.8. The molecule has 0 aliphatic rings. The summed E-state index contributed by atoms with van der Waals surface area (Å²) in [5.41, 5.74) is 3.11. The molecular weight excluding hydrogens is 476 g/mol. The number of unbranched alkanes of at least 4 members (excludes halogenated alkanes) is 3. The van der Waals surface area contributed by atoms with Crippen molar-refractivity contribution in [1.29, 1.82) is 0 Å². The molecule has 2 aromatic carbocycles. The highest BCUT2D eigenvalue weighted by Crippen LogP contribution is 2.36. The second-order valence-electron chi connectivity index (χ2n) is 7.04. The van der Waals surface area contributed by atoms with Crippen molar-refractivity contribution in [2.75, 3.05) is 26.9 Å². The molecule has 32 heavy (non-hydrogen) atoms. The number of methoxy groups -OCH3 is 1. The van der Waals surface area contributed by atoms with Crippen molar-refractivity contribution in [1.82, 2.24) is 5.43 Å². The fourth-order valence-electron chi connectivity index (χ4n) is 2.81. The minimum atomic E-state index is -0.239. The number of hydrogen-bond donors (Lipinski definition) is 1. The third-order valence-electron chi connectivity index (χ3n) is 4.38. The van der Waals surface area contributed by atoms with E-state index in [0.29, 0.717) is 29.2 Å². The smallest absolute Gasteiger partial charge is 0.236 e. The van der Waals surface area contributed by atoms with Gasteiger partial charge in [-0.15, -0.1) is 0 Å². The van der Waals surface area contributed by atoms with Crippen molar-refractivity contribution in [2.24, 2.45) is 5.10 Å². The van der Waals surface area contributed by atoms with Crippen LogP contribution in [0.4, 0.5) is 0 Å². The fourth-order valence-corrected chi connectivity index (χ4v) is 3.38.